The molecule has 1 aromatic carbocycles. The molecule has 0 bridgehead atoms. The van der Waals surface area contributed by atoms with Gasteiger partial charge in [0, 0.05) is 20.5 Å². The van der Waals surface area contributed by atoms with Gasteiger partial charge in [-0.3, -0.25) is 0 Å². The van der Waals surface area contributed by atoms with E-state index < -0.39 is 0 Å². The molecule has 0 spiro atoms. The van der Waals surface area contributed by atoms with Crippen LogP contribution in [-0.2, 0) is 0 Å². The summed E-state index contributed by atoms with van der Waals surface area (Å²) in [5.74, 6) is 0.691. The van der Waals surface area contributed by atoms with Crippen LogP contribution in [0.2, 0.25) is 0 Å². The van der Waals surface area contributed by atoms with Crippen molar-refractivity contribution in [3.8, 4) is 5.88 Å². The Morgan fingerprint density at radius 2 is 1.92 bits per heavy atom. The first-order chi connectivity index (χ1) is 6.33. The number of halogens is 1. The van der Waals surface area contributed by atoms with E-state index in [0.29, 0.717) is 5.88 Å². The quantitative estimate of drug-likeness (QED) is 0.752. The molecule has 0 saturated heterocycles. The minimum Gasteiger partial charge on any atom is -0.481 e. The molecular weight excluding hydrogens is 277 g/mol. The summed E-state index contributed by atoms with van der Waals surface area (Å²) in [5.41, 5.74) is 0. The van der Waals surface area contributed by atoms with Crippen LogP contribution in [0.1, 0.15) is 0 Å². The van der Waals surface area contributed by atoms with Gasteiger partial charge in [-0.05, 0) is 28.7 Å². The van der Waals surface area contributed by atoms with E-state index in [1.807, 2.05) is 24.4 Å². The van der Waals surface area contributed by atoms with Crippen LogP contribution in [-0.4, -0.2) is 12.1 Å². The third-order valence-electron chi connectivity index (χ3n) is 1.90. The second-order valence-corrected chi connectivity index (χ2v) is 3.82. The van der Waals surface area contributed by atoms with Crippen molar-refractivity contribution in [1.29, 1.82) is 0 Å². The van der Waals surface area contributed by atoms with Gasteiger partial charge in [0.05, 0.1) is 7.11 Å². The number of benzene rings is 1. The SMILES string of the molecule is COc1ncc(I)c2ccccc12. The molecule has 0 amide bonds. The van der Waals surface area contributed by atoms with Gasteiger partial charge < -0.3 is 4.74 Å². The molecule has 2 nitrogen and oxygen atoms in total. The Balaban J connectivity index is 2.84. The normalized spacial score (nSPS) is 10.3. The largest absolute Gasteiger partial charge is 0.481 e. The molecule has 0 aliphatic heterocycles. The van der Waals surface area contributed by atoms with E-state index in [0.717, 1.165) is 8.96 Å². The molecule has 3 heteroatoms. The number of pyridine rings is 1. The Morgan fingerprint density at radius 3 is 2.62 bits per heavy atom. The highest BCUT2D eigenvalue weighted by atomic mass is 127. The van der Waals surface area contributed by atoms with Gasteiger partial charge >= 0.3 is 0 Å². The maximum atomic E-state index is 5.17. The minimum absolute atomic E-state index is 0.691. The van der Waals surface area contributed by atoms with Gasteiger partial charge in [-0.15, -0.1) is 0 Å². The lowest BCUT2D eigenvalue weighted by molar-refractivity contribution is 0.403. The van der Waals surface area contributed by atoms with E-state index in [2.05, 4.69) is 33.6 Å². The molecule has 0 aliphatic rings. The molecular formula is C10H8INO. The number of rotatable bonds is 1. The van der Waals surface area contributed by atoms with Gasteiger partial charge in [0.25, 0.3) is 0 Å². The molecule has 0 aliphatic carbocycles. The van der Waals surface area contributed by atoms with Crippen molar-refractivity contribution in [2.45, 2.75) is 0 Å². The highest BCUT2D eigenvalue weighted by Gasteiger charge is 2.03. The summed E-state index contributed by atoms with van der Waals surface area (Å²) >= 11 is 2.27. The number of methoxy groups -OCH3 is 1. The first-order valence-electron chi connectivity index (χ1n) is 3.90. The summed E-state index contributed by atoms with van der Waals surface area (Å²) < 4.78 is 6.32. The van der Waals surface area contributed by atoms with E-state index in [4.69, 9.17) is 4.74 Å². The van der Waals surface area contributed by atoms with Crippen molar-refractivity contribution in [2.75, 3.05) is 7.11 Å². The highest BCUT2D eigenvalue weighted by molar-refractivity contribution is 14.1. The van der Waals surface area contributed by atoms with E-state index in [9.17, 15) is 0 Å². The minimum atomic E-state index is 0.691. The Bertz CT molecular complexity index is 442. The predicted molar refractivity (Wildman–Crippen MR) is 61.0 cm³/mol. The lowest BCUT2D eigenvalue weighted by atomic mass is 10.2. The Labute approximate surface area is 90.1 Å². The maximum absolute atomic E-state index is 5.17. The molecule has 13 heavy (non-hydrogen) atoms. The first-order valence-corrected chi connectivity index (χ1v) is 4.98. The number of nitrogens with zero attached hydrogens (tertiary/aromatic N) is 1. The van der Waals surface area contributed by atoms with Crippen molar-refractivity contribution in [1.82, 2.24) is 4.98 Å². The number of ether oxygens (including phenoxy) is 1. The molecule has 0 N–H and O–H groups in total. The highest BCUT2D eigenvalue weighted by Crippen LogP contribution is 2.26. The predicted octanol–water partition coefficient (Wildman–Crippen LogP) is 2.85. The zero-order valence-corrected chi connectivity index (χ0v) is 9.28. The summed E-state index contributed by atoms with van der Waals surface area (Å²) in [6.45, 7) is 0. The Hall–Kier alpha value is -0.840. The van der Waals surface area contributed by atoms with Crippen molar-refractivity contribution in [3.05, 3.63) is 34.0 Å². The third-order valence-corrected chi connectivity index (χ3v) is 2.76. The van der Waals surface area contributed by atoms with Gasteiger partial charge in [-0.25, -0.2) is 4.98 Å². The molecule has 2 rings (SSSR count). The van der Waals surface area contributed by atoms with Crippen molar-refractivity contribution < 1.29 is 4.74 Å². The topological polar surface area (TPSA) is 22.1 Å². The zero-order chi connectivity index (χ0) is 9.26. The van der Waals surface area contributed by atoms with Gasteiger partial charge in [0.1, 0.15) is 0 Å². The summed E-state index contributed by atoms with van der Waals surface area (Å²) in [5, 5.41) is 2.26. The van der Waals surface area contributed by atoms with E-state index in [1.54, 1.807) is 7.11 Å². The summed E-state index contributed by atoms with van der Waals surface area (Å²) in [6.07, 6.45) is 1.82. The summed E-state index contributed by atoms with van der Waals surface area (Å²) in [6, 6.07) is 8.09. The van der Waals surface area contributed by atoms with Crippen LogP contribution < -0.4 is 4.74 Å². The summed E-state index contributed by atoms with van der Waals surface area (Å²) in [7, 11) is 1.64. The van der Waals surface area contributed by atoms with Crippen LogP contribution in [0.3, 0.4) is 0 Å². The lowest BCUT2D eigenvalue weighted by Gasteiger charge is -2.04. The molecule has 2 aromatic rings. The van der Waals surface area contributed by atoms with Gasteiger partial charge in [0.15, 0.2) is 0 Å². The zero-order valence-electron chi connectivity index (χ0n) is 7.12. The fourth-order valence-electron chi connectivity index (χ4n) is 1.29. The smallest absolute Gasteiger partial charge is 0.221 e. The van der Waals surface area contributed by atoms with Crippen LogP contribution in [0.25, 0.3) is 10.8 Å². The van der Waals surface area contributed by atoms with E-state index in [-0.39, 0.29) is 0 Å². The monoisotopic (exact) mass is 285 g/mol. The lowest BCUT2D eigenvalue weighted by Crippen LogP contribution is -1.90. The van der Waals surface area contributed by atoms with Gasteiger partial charge in [-0.1, -0.05) is 18.2 Å². The molecule has 0 fully saturated rings. The van der Waals surface area contributed by atoms with E-state index >= 15 is 0 Å². The Kier molecular flexibility index (Phi) is 2.35. The second-order valence-electron chi connectivity index (χ2n) is 2.66. The average Bonchev–Trinajstić information content (AvgIpc) is 2.19. The molecule has 66 valence electrons. The fourth-order valence-corrected chi connectivity index (χ4v) is 1.90. The second kappa shape index (κ2) is 3.49. The molecule has 1 aromatic heterocycles. The number of hydrogen-bond acceptors (Lipinski definition) is 2. The summed E-state index contributed by atoms with van der Waals surface area (Å²) in [4.78, 5) is 4.20. The molecule has 1 heterocycles. The van der Waals surface area contributed by atoms with Crippen molar-refractivity contribution in [3.63, 3.8) is 0 Å². The first kappa shape index (κ1) is 8.74. The number of fused-ring (bicyclic) bond motifs is 1. The van der Waals surface area contributed by atoms with Crippen LogP contribution in [0.5, 0.6) is 5.88 Å². The fraction of sp³-hybridized carbons (Fsp3) is 0.100. The van der Waals surface area contributed by atoms with Gasteiger partial charge in [0.2, 0.25) is 5.88 Å². The van der Waals surface area contributed by atoms with Crippen LogP contribution in [0.15, 0.2) is 30.5 Å². The number of aromatic nitrogens is 1. The molecule has 0 saturated carbocycles. The number of hydrogen-bond donors (Lipinski definition) is 0. The maximum Gasteiger partial charge on any atom is 0.221 e. The molecule has 0 unspecified atom stereocenters. The van der Waals surface area contributed by atoms with Crippen molar-refractivity contribution >= 4 is 33.4 Å². The van der Waals surface area contributed by atoms with Crippen LogP contribution in [0.4, 0.5) is 0 Å². The van der Waals surface area contributed by atoms with Crippen LogP contribution >= 0.6 is 22.6 Å². The third kappa shape index (κ3) is 1.48. The van der Waals surface area contributed by atoms with Crippen molar-refractivity contribution in [2.24, 2.45) is 0 Å². The average molecular weight is 285 g/mol. The van der Waals surface area contributed by atoms with Crippen LogP contribution in [0, 0.1) is 3.57 Å². The van der Waals surface area contributed by atoms with E-state index in [1.165, 1.54) is 5.39 Å². The van der Waals surface area contributed by atoms with Gasteiger partial charge in [-0.2, -0.15) is 0 Å². The Morgan fingerprint density at radius 1 is 1.23 bits per heavy atom. The molecule has 0 radical (unpaired) electrons. The standard InChI is InChI=1S/C10H8INO/c1-13-10-8-5-3-2-4-7(8)9(11)6-12-10/h2-6H,1H3. The molecule has 0 atom stereocenters.